The molecule has 1 aromatic heterocycles. The highest BCUT2D eigenvalue weighted by molar-refractivity contribution is 8.00. The molecule has 4 heteroatoms. The number of rotatable bonds is 3. The predicted octanol–water partition coefficient (Wildman–Crippen LogP) is 4.42. The largest absolute Gasteiger partial charge is 0.381 e. The maximum atomic E-state index is 4.52. The van der Waals surface area contributed by atoms with E-state index in [1.165, 1.54) is 23.4 Å². The van der Waals surface area contributed by atoms with E-state index in [4.69, 9.17) is 0 Å². The first-order chi connectivity index (χ1) is 9.20. The van der Waals surface area contributed by atoms with Crippen molar-refractivity contribution in [1.29, 1.82) is 0 Å². The molecule has 0 spiro atoms. The van der Waals surface area contributed by atoms with Crippen molar-refractivity contribution in [2.24, 2.45) is 0 Å². The summed E-state index contributed by atoms with van der Waals surface area (Å²) in [5, 5.41) is 7.64. The van der Waals surface area contributed by atoms with Crippen LogP contribution in [0.25, 0.3) is 11.3 Å². The number of benzene rings is 1. The van der Waals surface area contributed by atoms with Crippen LogP contribution < -0.4 is 5.32 Å². The van der Waals surface area contributed by atoms with Gasteiger partial charge in [0.15, 0.2) is 0 Å². The van der Waals surface area contributed by atoms with Crippen molar-refractivity contribution in [2.75, 3.05) is 11.1 Å². The van der Waals surface area contributed by atoms with Crippen LogP contribution in [0.15, 0.2) is 29.6 Å². The van der Waals surface area contributed by atoms with E-state index in [1.807, 2.05) is 6.92 Å². The Morgan fingerprint density at radius 1 is 1.26 bits per heavy atom. The van der Waals surface area contributed by atoms with Gasteiger partial charge >= 0.3 is 0 Å². The van der Waals surface area contributed by atoms with Crippen LogP contribution in [0.2, 0.25) is 0 Å². The van der Waals surface area contributed by atoms with Gasteiger partial charge in [-0.15, -0.1) is 11.3 Å². The zero-order chi connectivity index (χ0) is 13.2. The van der Waals surface area contributed by atoms with Crippen molar-refractivity contribution < 1.29 is 0 Å². The van der Waals surface area contributed by atoms with Gasteiger partial charge in [0, 0.05) is 33.7 Å². The maximum absolute atomic E-state index is 4.52. The van der Waals surface area contributed by atoms with Gasteiger partial charge in [-0.25, -0.2) is 4.98 Å². The fraction of sp³-hybridized carbons (Fsp3) is 0.400. The molecule has 1 aliphatic rings. The molecule has 0 radical (unpaired) electrons. The molecule has 100 valence electrons. The van der Waals surface area contributed by atoms with Crippen LogP contribution in [-0.2, 0) is 0 Å². The molecule has 19 heavy (non-hydrogen) atoms. The van der Waals surface area contributed by atoms with Crippen LogP contribution in [-0.4, -0.2) is 22.0 Å². The highest BCUT2D eigenvalue weighted by Crippen LogP contribution is 2.29. The number of aryl methyl sites for hydroxylation is 1. The van der Waals surface area contributed by atoms with E-state index in [2.05, 4.69) is 58.6 Å². The highest BCUT2D eigenvalue weighted by atomic mass is 32.2. The Balaban J connectivity index is 1.69. The van der Waals surface area contributed by atoms with Crippen LogP contribution >= 0.6 is 23.1 Å². The molecular weight excluding hydrogens is 272 g/mol. The van der Waals surface area contributed by atoms with Crippen molar-refractivity contribution in [3.05, 3.63) is 34.7 Å². The second-order valence-electron chi connectivity index (χ2n) is 5.05. The van der Waals surface area contributed by atoms with Gasteiger partial charge in [0.2, 0.25) is 0 Å². The average molecular weight is 290 g/mol. The fourth-order valence-corrected chi connectivity index (χ4v) is 4.16. The van der Waals surface area contributed by atoms with Crippen molar-refractivity contribution in [1.82, 2.24) is 4.98 Å². The summed E-state index contributed by atoms with van der Waals surface area (Å²) in [6.07, 6.45) is 1.26. The molecule has 1 aromatic carbocycles. The molecule has 1 fully saturated rings. The van der Waals surface area contributed by atoms with Crippen LogP contribution in [0.3, 0.4) is 0 Å². The Morgan fingerprint density at radius 3 is 2.63 bits per heavy atom. The summed E-state index contributed by atoms with van der Waals surface area (Å²) in [4.78, 5) is 4.52. The number of hydrogen-bond donors (Lipinski definition) is 1. The predicted molar refractivity (Wildman–Crippen MR) is 86.2 cm³/mol. The van der Waals surface area contributed by atoms with E-state index in [1.54, 1.807) is 11.3 Å². The second-order valence-corrected chi connectivity index (χ2v) is 7.58. The van der Waals surface area contributed by atoms with Crippen molar-refractivity contribution in [3.63, 3.8) is 0 Å². The molecule has 0 aliphatic carbocycles. The molecule has 1 aliphatic heterocycles. The van der Waals surface area contributed by atoms with Gasteiger partial charge < -0.3 is 5.32 Å². The minimum absolute atomic E-state index is 0.618. The third-order valence-corrected chi connectivity index (χ3v) is 5.50. The lowest BCUT2D eigenvalue weighted by atomic mass is 10.1. The normalized spacial score (nSPS) is 22.6. The van der Waals surface area contributed by atoms with Crippen molar-refractivity contribution in [2.45, 2.75) is 31.6 Å². The molecule has 0 saturated carbocycles. The van der Waals surface area contributed by atoms with Crippen LogP contribution in [0.5, 0.6) is 0 Å². The lowest BCUT2D eigenvalue weighted by molar-refractivity contribution is 0.747. The molecule has 2 atom stereocenters. The summed E-state index contributed by atoms with van der Waals surface area (Å²) >= 11 is 3.76. The maximum Gasteiger partial charge on any atom is 0.0901 e. The van der Waals surface area contributed by atoms with E-state index in [9.17, 15) is 0 Å². The molecule has 0 amide bonds. The Bertz CT molecular complexity index is 548. The summed E-state index contributed by atoms with van der Waals surface area (Å²) in [6, 6.07) is 9.26. The standard InChI is InChI=1S/C15H18N2S2/c1-10-7-14(8-18-10)17-13-5-3-12(4-6-13)15-9-19-11(2)16-15/h3-6,9-10,14,17H,7-8H2,1-2H3. The first-order valence-corrected chi connectivity index (χ1v) is 8.54. The number of nitrogens with one attached hydrogen (secondary N) is 1. The van der Waals surface area contributed by atoms with Gasteiger partial charge in [-0.3, -0.25) is 0 Å². The zero-order valence-electron chi connectivity index (χ0n) is 11.2. The zero-order valence-corrected chi connectivity index (χ0v) is 12.9. The van der Waals surface area contributed by atoms with Gasteiger partial charge in [0.25, 0.3) is 0 Å². The molecule has 1 N–H and O–H groups in total. The molecular formula is C15H18N2S2. The van der Waals surface area contributed by atoms with Gasteiger partial charge in [-0.2, -0.15) is 11.8 Å². The first-order valence-electron chi connectivity index (χ1n) is 6.61. The second kappa shape index (κ2) is 5.55. The summed E-state index contributed by atoms with van der Waals surface area (Å²) in [5.41, 5.74) is 3.50. The number of aromatic nitrogens is 1. The Hall–Kier alpha value is -1.00. The number of nitrogens with zero attached hydrogens (tertiary/aromatic N) is 1. The Morgan fingerprint density at radius 2 is 2.05 bits per heavy atom. The molecule has 2 unspecified atom stereocenters. The highest BCUT2D eigenvalue weighted by Gasteiger charge is 2.21. The average Bonchev–Trinajstić information content (AvgIpc) is 3.00. The monoisotopic (exact) mass is 290 g/mol. The van der Waals surface area contributed by atoms with Gasteiger partial charge in [-0.1, -0.05) is 19.1 Å². The Kier molecular flexibility index (Phi) is 3.80. The molecule has 2 aromatic rings. The van der Waals surface area contributed by atoms with Crippen LogP contribution in [0, 0.1) is 6.92 Å². The quantitative estimate of drug-likeness (QED) is 0.905. The topological polar surface area (TPSA) is 24.9 Å². The van der Waals surface area contributed by atoms with Crippen LogP contribution in [0.1, 0.15) is 18.4 Å². The molecule has 2 heterocycles. The van der Waals surface area contributed by atoms with E-state index in [-0.39, 0.29) is 0 Å². The van der Waals surface area contributed by atoms with Gasteiger partial charge in [0.05, 0.1) is 10.7 Å². The molecule has 1 saturated heterocycles. The van der Waals surface area contributed by atoms with Gasteiger partial charge in [0.1, 0.15) is 0 Å². The van der Waals surface area contributed by atoms with E-state index in [0.717, 1.165) is 16.0 Å². The van der Waals surface area contributed by atoms with Crippen molar-refractivity contribution in [3.8, 4) is 11.3 Å². The fourth-order valence-electron chi connectivity index (χ4n) is 2.39. The smallest absolute Gasteiger partial charge is 0.0901 e. The molecule has 3 rings (SSSR count). The summed E-state index contributed by atoms with van der Waals surface area (Å²) in [7, 11) is 0. The number of thiazole rings is 1. The van der Waals surface area contributed by atoms with E-state index in [0.29, 0.717) is 6.04 Å². The number of anilines is 1. The minimum atomic E-state index is 0.618. The number of hydrogen-bond acceptors (Lipinski definition) is 4. The van der Waals surface area contributed by atoms with Gasteiger partial charge in [-0.05, 0) is 25.5 Å². The van der Waals surface area contributed by atoms with E-state index >= 15 is 0 Å². The first kappa shape index (κ1) is 13.0. The van der Waals surface area contributed by atoms with E-state index < -0.39 is 0 Å². The summed E-state index contributed by atoms with van der Waals surface area (Å²) in [5.74, 6) is 1.22. The molecule has 0 bridgehead atoms. The summed E-state index contributed by atoms with van der Waals surface area (Å²) in [6.45, 7) is 4.35. The van der Waals surface area contributed by atoms with Crippen molar-refractivity contribution >= 4 is 28.8 Å². The lowest BCUT2D eigenvalue weighted by Crippen LogP contribution is -2.18. The van der Waals surface area contributed by atoms with Crippen LogP contribution in [0.4, 0.5) is 5.69 Å². The Labute approximate surface area is 122 Å². The SMILES string of the molecule is Cc1nc(-c2ccc(NC3CSC(C)C3)cc2)cs1. The summed E-state index contributed by atoms with van der Waals surface area (Å²) < 4.78 is 0. The third-order valence-electron chi connectivity index (χ3n) is 3.37. The lowest BCUT2D eigenvalue weighted by Gasteiger charge is -2.13. The third kappa shape index (κ3) is 3.12. The number of thioether (sulfide) groups is 1. The minimum Gasteiger partial charge on any atom is -0.381 e. The molecule has 2 nitrogen and oxygen atoms in total.